The lowest BCUT2D eigenvalue weighted by Gasteiger charge is -2.42. The number of esters is 1. The number of nitrogens with one attached hydrogen (secondary N) is 2. The Morgan fingerprint density at radius 2 is 1.79 bits per heavy atom. The van der Waals surface area contributed by atoms with Crippen LogP contribution in [0.3, 0.4) is 0 Å². The first-order chi connectivity index (χ1) is 35.9. The topological polar surface area (TPSA) is 286 Å². The number of hydrogen-bond donors (Lipinski definition) is 5. The van der Waals surface area contributed by atoms with E-state index in [1.54, 1.807) is 45.2 Å². The number of nitrogens with zero attached hydrogens (tertiary/aromatic N) is 3. The number of carbonyl (C=O) groups excluding carboxylic acids is 7. The van der Waals surface area contributed by atoms with Crippen LogP contribution in [0.2, 0.25) is 5.02 Å². The number of fused-ring (bicyclic) bond motifs is 5. The van der Waals surface area contributed by atoms with Crippen LogP contribution in [0, 0.1) is 17.8 Å². The Kier molecular flexibility index (Phi) is 20.5. The van der Waals surface area contributed by atoms with Crippen LogP contribution in [-0.2, 0) is 58.9 Å². The molecule has 10 atom stereocenters. The van der Waals surface area contributed by atoms with Gasteiger partial charge in [0.2, 0.25) is 29.5 Å². The van der Waals surface area contributed by atoms with Gasteiger partial charge in [-0.25, -0.2) is 9.59 Å². The summed E-state index contributed by atoms with van der Waals surface area (Å²) < 4.78 is 29.5. The van der Waals surface area contributed by atoms with Gasteiger partial charge in [-0.2, -0.15) is 0 Å². The molecule has 4 heterocycles. The third-order valence-corrected chi connectivity index (χ3v) is 17.2. The van der Waals surface area contributed by atoms with Crippen molar-refractivity contribution in [3.8, 4) is 5.75 Å². The van der Waals surface area contributed by atoms with Crippen molar-refractivity contribution in [2.45, 2.75) is 158 Å². The number of carboxylic acids is 1. The van der Waals surface area contributed by atoms with E-state index in [1.165, 1.54) is 54.7 Å². The van der Waals surface area contributed by atoms with Crippen molar-refractivity contribution in [3.05, 3.63) is 46.5 Å². The van der Waals surface area contributed by atoms with Crippen molar-refractivity contribution in [3.63, 3.8) is 0 Å². The lowest BCUT2D eigenvalue weighted by molar-refractivity contribution is -0.162. The molecule has 5 aliphatic rings. The van der Waals surface area contributed by atoms with Gasteiger partial charge in [-0.05, 0) is 95.8 Å². The molecule has 1 aromatic rings. The maximum Gasteiger partial charge on any atom is 0.409 e. The number of amides is 6. The molecule has 6 N–H and O–H groups in total. The lowest BCUT2D eigenvalue weighted by atomic mass is 9.81. The number of carboxylic acid groups (broad SMARTS) is 1. The molecule has 420 valence electrons. The number of thioether (sulfide) groups is 1. The van der Waals surface area contributed by atoms with Crippen LogP contribution in [0.5, 0.6) is 5.75 Å². The van der Waals surface area contributed by atoms with E-state index in [4.69, 9.17) is 46.1 Å². The molecule has 23 heteroatoms. The molecule has 1 aromatic carbocycles. The molecule has 76 heavy (non-hydrogen) atoms. The van der Waals surface area contributed by atoms with Gasteiger partial charge in [0, 0.05) is 71.1 Å². The third-order valence-electron chi connectivity index (χ3n) is 15.6. The van der Waals surface area contributed by atoms with Gasteiger partial charge in [0.1, 0.15) is 46.8 Å². The summed E-state index contributed by atoms with van der Waals surface area (Å²) in [6.07, 6.45) is 4.40. The van der Waals surface area contributed by atoms with Crippen LogP contribution >= 0.6 is 23.4 Å². The number of carbonyl (C=O) groups is 8. The maximum atomic E-state index is 14.4. The number of hydrogen-bond acceptors (Lipinski definition) is 16. The van der Waals surface area contributed by atoms with Gasteiger partial charge < -0.3 is 54.7 Å². The molecule has 6 rings (SSSR count). The van der Waals surface area contributed by atoms with Crippen LogP contribution in [0.4, 0.5) is 10.5 Å². The van der Waals surface area contributed by atoms with Crippen molar-refractivity contribution in [2.75, 3.05) is 52.1 Å². The van der Waals surface area contributed by atoms with Crippen LogP contribution in [0.25, 0.3) is 0 Å². The Labute approximate surface area is 453 Å². The van der Waals surface area contributed by atoms with Gasteiger partial charge in [0.05, 0.1) is 30.6 Å². The Bertz CT molecular complexity index is 2420. The number of epoxide rings is 1. The minimum atomic E-state index is -1.89. The number of likely N-dealkylation sites (tertiary alicyclic amines) is 1. The highest BCUT2D eigenvalue weighted by Gasteiger charge is 2.64. The quantitative estimate of drug-likeness (QED) is 0.0594. The number of alkyl carbamates (subject to hydrolysis) is 1. The molecule has 21 nitrogen and oxygen atoms in total. The number of nitrogens with two attached hydrogens (primary N) is 1. The minimum absolute atomic E-state index is 0.00468. The summed E-state index contributed by atoms with van der Waals surface area (Å²) >= 11 is 8.02. The largest absolute Gasteiger partial charge is 0.495 e. The standard InChI is InChI=1S/C53H75ClN6O15S/c1-29-12-11-14-40(72-8)53(70)27-38(73-51(69)57-53)30(2)46-52(4,75-46)41(26-43(62)59(6)36-23-33(22-29)24-37(71-7)45(36)54)74-50(68)31(3)58(5)42(61)19-21-76-39-25-44(63)60(48(39)65)28-32-15-17-34(18-16-32)47(64)56-20-10-9-13-35(55)49(66)67/h11-12,14,23-24,30-32,34-35,38-41,46,70H,9-10,13,15-22,25-28,55H2,1-8H3,(H,56,64)(H,57,69)(H,66,67)/b14-11+,29-12+/t30-,31+,32?,34?,35+,38+,39?,40-,41+,46?,52?,53+/m1/s1. The number of imide groups is 1. The number of halogens is 1. The summed E-state index contributed by atoms with van der Waals surface area (Å²) in [4.78, 5) is 109. The fourth-order valence-corrected chi connectivity index (χ4v) is 11.9. The average molecular weight is 1100 g/mol. The number of unbranched alkanes of at least 4 members (excludes halogenated alkanes) is 1. The summed E-state index contributed by atoms with van der Waals surface area (Å²) in [6, 6.07) is 1.47. The first-order valence-electron chi connectivity index (χ1n) is 26.0. The van der Waals surface area contributed by atoms with Gasteiger partial charge in [-0.15, -0.1) is 11.8 Å². The van der Waals surface area contributed by atoms with Gasteiger partial charge in [-0.1, -0.05) is 42.3 Å². The fourth-order valence-electron chi connectivity index (χ4n) is 10.5. The molecule has 4 fully saturated rings. The van der Waals surface area contributed by atoms with Crippen LogP contribution in [0.15, 0.2) is 35.9 Å². The predicted octanol–water partition coefficient (Wildman–Crippen LogP) is 4.27. The van der Waals surface area contributed by atoms with Gasteiger partial charge in [-0.3, -0.25) is 39.0 Å². The average Bonchev–Trinajstić information content (AvgIpc) is 4.01. The van der Waals surface area contributed by atoms with Crippen LogP contribution < -0.4 is 26.0 Å². The monoisotopic (exact) mass is 1100 g/mol. The van der Waals surface area contributed by atoms with Crippen molar-refractivity contribution in [2.24, 2.45) is 23.5 Å². The lowest BCUT2D eigenvalue weighted by Crippen LogP contribution is -2.63. The molecule has 3 unspecified atom stereocenters. The van der Waals surface area contributed by atoms with E-state index in [0.29, 0.717) is 69.3 Å². The van der Waals surface area contributed by atoms with Crippen molar-refractivity contribution in [1.82, 2.24) is 20.4 Å². The molecular weight excluding hydrogens is 1030 g/mol. The Morgan fingerprint density at radius 3 is 2.46 bits per heavy atom. The second-order valence-corrected chi connectivity index (χ2v) is 22.7. The van der Waals surface area contributed by atoms with Gasteiger partial charge >= 0.3 is 18.0 Å². The molecule has 1 aliphatic carbocycles. The number of likely N-dealkylation sites (N-methyl/N-ethyl adjacent to an activating group) is 1. The molecule has 3 saturated heterocycles. The van der Waals surface area contributed by atoms with E-state index in [0.717, 1.165) is 11.1 Å². The van der Waals surface area contributed by atoms with E-state index < -0.39 is 95.3 Å². The molecule has 4 aliphatic heterocycles. The Morgan fingerprint density at radius 1 is 1.08 bits per heavy atom. The molecule has 4 bridgehead atoms. The maximum absolute atomic E-state index is 14.4. The number of ether oxygens (including phenoxy) is 5. The first-order valence-corrected chi connectivity index (χ1v) is 27.4. The van der Waals surface area contributed by atoms with Crippen LogP contribution in [0.1, 0.15) is 104 Å². The van der Waals surface area contributed by atoms with Gasteiger partial charge in [0.25, 0.3) is 0 Å². The SMILES string of the molecule is COc1cc2cc(c1Cl)N(C)C(=O)C[C@H](OC(=O)[C@H](C)N(C)C(=O)CCSC1CC(=O)N(CC3CCC(C(=O)NCCCC[C@H](N)C(=O)O)CC3)C1=O)C1(C)OC1[C@H](C)[C@@H]1C[C@@](O)(NC(=O)O1)[C@H](OC)/C=C/C=C(\C)C2. The number of allylic oxidation sites excluding steroid dienone is 3. The highest BCUT2D eigenvalue weighted by atomic mass is 35.5. The number of methoxy groups -OCH3 is 2. The number of aliphatic carboxylic acids is 1. The summed E-state index contributed by atoms with van der Waals surface area (Å²) in [5.74, 6) is -3.68. The molecule has 0 spiro atoms. The molecular formula is C53H75ClN6O15S. The van der Waals surface area contributed by atoms with Crippen molar-refractivity contribution >= 4 is 76.6 Å². The Balaban J connectivity index is 1.07. The molecule has 6 amide bonds. The number of anilines is 1. The second-order valence-electron chi connectivity index (χ2n) is 21.0. The van der Waals surface area contributed by atoms with Crippen molar-refractivity contribution in [1.29, 1.82) is 0 Å². The summed E-state index contributed by atoms with van der Waals surface area (Å²) in [6.45, 7) is 7.53. The number of rotatable bonds is 18. The fraction of sp³-hybridized carbons (Fsp3) is 0.660. The van der Waals surface area contributed by atoms with E-state index in [2.05, 4.69) is 10.6 Å². The zero-order valence-electron chi connectivity index (χ0n) is 44.7. The highest BCUT2D eigenvalue weighted by Crippen LogP contribution is 2.49. The molecule has 1 saturated carbocycles. The Hall–Kier alpha value is -5.26. The number of aliphatic hydroxyl groups is 1. The first kappa shape index (κ1) is 60.0. The second kappa shape index (κ2) is 25.9. The third kappa shape index (κ3) is 14.5. The van der Waals surface area contributed by atoms with E-state index in [-0.39, 0.29) is 66.1 Å². The normalized spacial score (nSPS) is 30.9. The van der Waals surface area contributed by atoms with E-state index in [9.17, 15) is 43.5 Å². The zero-order valence-corrected chi connectivity index (χ0v) is 46.2. The van der Waals surface area contributed by atoms with Gasteiger partial charge in [0.15, 0.2) is 5.72 Å². The van der Waals surface area contributed by atoms with Crippen LogP contribution in [-0.4, -0.2) is 168 Å². The van der Waals surface area contributed by atoms with E-state index >= 15 is 0 Å². The van der Waals surface area contributed by atoms with E-state index in [1.807, 2.05) is 13.0 Å². The summed E-state index contributed by atoms with van der Waals surface area (Å²) in [5, 5.41) is 25.7. The molecule has 0 aromatic heterocycles. The predicted molar refractivity (Wildman–Crippen MR) is 281 cm³/mol. The summed E-state index contributed by atoms with van der Waals surface area (Å²) in [5.41, 5.74) is 4.34. The van der Waals surface area contributed by atoms with Crippen molar-refractivity contribution < 1.29 is 72.3 Å². The highest BCUT2D eigenvalue weighted by molar-refractivity contribution is 8.00. The smallest absolute Gasteiger partial charge is 0.409 e. The molecule has 0 radical (unpaired) electrons. The minimum Gasteiger partial charge on any atom is -0.495 e. The zero-order chi connectivity index (χ0) is 55.8. The summed E-state index contributed by atoms with van der Waals surface area (Å²) in [7, 11) is 5.87. The number of benzene rings is 1.